The summed E-state index contributed by atoms with van der Waals surface area (Å²) in [6.07, 6.45) is -1.24. The highest BCUT2D eigenvalue weighted by molar-refractivity contribution is 5.99. The number of hydrogen-bond acceptors (Lipinski definition) is 12. The van der Waals surface area contributed by atoms with E-state index in [2.05, 4.69) is 0 Å². The lowest BCUT2D eigenvalue weighted by Gasteiger charge is -2.42. The molecule has 0 unspecified atom stereocenters. The second-order valence-corrected chi connectivity index (χ2v) is 8.10. The number of rotatable bonds is 3. The zero-order valence-electron chi connectivity index (χ0n) is 16.8. The van der Waals surface area contributed by atoms with Crippen molar-refractivity contribution in [1.29, 1.82) is 42.1 Å². The minimum absolute atomic E-state index is 0.965. The SMILES string of the molecule is N#CC1(C#N)[C@H]2C=C[C@](C(=O)[C@@H](O)[C@@]34C=C[C@H](O3)C(C#N)(C#N)C4(C#N)C#N)(O2)C1(C#N)C#N. The van der Waals surface area contributed by atoms with Crippen LogP contribution in [0.1, 0.15) is 0 Å². The van der Waals surface area contributed by atoms with Crippen molar-refractivity contribution in [1.82, 2.24) is 0 Å². The van der Waals surface area contributed by atoms with Crippen LogP contribution in [0.5, 0.6) is 0 Å². The molecule has 0 aromatic carbocycles. The van der Waals surface area contributed by atoms with Crippen LogP contribution in [0.2, 0.25) is 0 Å². The highest BCUT2D eigenvalue weighted by Crippen LogP contribution is 2.66. The Kier molecular flexibility index (Phi) is 4.08. The van der Waals surface area contributed by atoms with Gasteiger partial charge < -0.3 is 14.6 Å². The number of nitrogens with zero attached hydrogens (tertiary/aromatic N) is 8. The summed E-state index contributed by atoms with van der Waals surface area (Å²) in [6, 6.07) is 12.6. The van der Waals surface area contributed by atoms with Gasteiger partial charge in [0.25, 0.3) is 0 Å². The number of Topliss-reactive ketones (excluding diaryl/α,β-unsaturated/α-hetero) is 1. The number of carbonyl (C=O) groups excluding carboxylic acids is 1. The first-order valence-corrected chi connectivity index (χ1v) is 9.45. The summed E-state index contributed by atoms with van der Waals surface area (Å²) in [6.45, 7) is 0. The Morgan fingerprint density at radius 1 is 0.706 bits per heavy atom. The lowest BCUT2D eigenvalue weighted by Crippen LogP contribution is -2.65. The minimum Gasteiger partial charge on any atom is -0.382 e. The van der Waals surface area contributed by atoms with Crippen LogP contribution in [0, 0.1) is 112 Å². The molecule has 5 atom stereocenters. The van der Waals surface area contributed by atoms with E-state index in [-0.39, 0.29) is 0 Å². The highest BCUT2D eigenvalue weighted by Gasteiger charge is 2.85. The largest absolute Gasteiger partial charge is 0.382 e. The molecule has 0 radical (unpaired) electrons. The number of nitriles is 8. The van der Waals surface area contributed by atoms with Crippen LogP contribution >= 0.6 is 0 Å². The number of ketones is 1. The van der Waals surface area contributed by atoms with E-state index >= 15 is 0 Å². The molecule has 0 aromatic rings. The maximum Gasteiger partial charge on any atom is 0.217 e. The fourth-order valence-corrected chi connectivity index (χ4v) is 5.41. The lowest BCUT2D eigenvalue weighted by molar-refractivity contribution is -0.162. The van der Waals surface area contributed by atoms with E-state index in [9.17, 15) is 52.0 Å². The van der Waals surface area contributed by atoms with Gasteiger partial charge in [-0.1, -0.05) is 12.2 Å². The van der Waals surface area contributed by atoms with Gasteiger partial charge in [-0.3, -0.25) is 4.79 Å². The quantitative estimate of drug-likeness (QED) is 0.535. The van der Waals surface area contributed by atoms with Crippen LogP contribution in [0.25, 0.3) is 0 Å². The molecule has 0 aromatic heterocycles. The van der Waals surface area contributed by atoms with E-state index in [1.54, 1.807) is 36.4 Å². The molecule has 4 aliphatic heterocycles. The predicted molar refractivity (Wildman–Crippen MR) is 99.1 cm³/mol. The molecule has 12 heteroatoms. The Balaban J connectivity index is 1.96. The van der Waals surface area contributed by atoms with Crippen molar-refractivity contribution in [2.24, 2.45) is 21.7 Å². The van der Waals surface area contributed by atoms with Gasteiger partial charge in [-0.05, 0) is 12.2 Å². The summed E-state index contributed by atoms with van der Waals surface area (Å²) in [7, 11) is 0. The van der Waals surface area contributed by atoms with Crippen molar-refractivity contribution in [3.05, 3.63) is 24.3 Å². The Bertz CT molecular complexity index is 1400. The summed E-state index contributed by atoms with van der Waals surface area (Å²) in [5.74, 6) is -1.46. The molecule has 2 fully saturated rings. The Morgan fingerprint density at radius 2 is 1.15 bits per heavy atom. The van der Waals surface area contributed by atoms with Crippen molar-refractivity contribution < 1.29 is 19.4 Å². The predicted octanol–water partition coefficient (Wildman–Crippen LogP) is -0.535. The monoisotopic (exact) mass is 448 g/mol. The molecule has 0 saturated carbocycles. The van der Waals surface area contributed by atoms with Gasteiger partial charge in [-0.15, -0.1) is 0 Å². The van der Waals surface area contributed by atoms with Crippen LogP contribution in [0.4, 0.5) is 0 Å². The van der Waals surface area contributed by atoms with Crippen molar-refractivity contribution >= 4 is 5.78 Å². The number of carbonyl (C=O) groups is 1. The van der Waals surface area contributed by atoms with Gasteiger partial charge in [0.1, 0.15) is 12.2 Å². The van der Waals surface area contributed by atoms with Crippen LogP contribution in [0.3, 0.4) is 0 Å². The van der Waals surface area contributed by atoms with E-state index in [0.29, 0.717) is 0 Å². The van der Waals surface area contributed by atoms with E-state index in [1.165, 1.54) is 12.1 Å². The van der Waals surface area contributed by atoms with Crippen LogP contribution < -0.4 is 0 Å². The van der Waals surface area contributed by atoms with E-state index in [4.69, 9.17) is 9.47 Å². The second-order valence-electron chi connectivity index (χ2n) is 8.10. The molecule has 34 heavy (non-hydrogen) atoms. The Hall–Kier alpha value is -5.05. The molecule has 0 spiro atoms. The number of ether oxygens (including phenoxy) is 2. The fraction of sp³-hybridized carbons (Fsp3) is 0.409. The molecule has 0 amide bonds. The summed E-state index contributed by atoms with van der Waals surface area (Å²) < 4.78 is 11.1. The topological polar surface area (TPSA) is 246 Å². The van der Waals surface area contributed by atoms with Crippen LogP contribution in [-0.4, -0.2) is 40.4 Å². The highest BCUT2D eigenvalue weighted by atomic mass is 16.5. The van der Waals surface area contributed by atoms with E-state index < -0.39 is 57.0 Å². The standard InChI is InChI=1S/C22H8N8O4/c23-5-17(6-24)13-1-3-21(33-13,19(17,9-27)10-28)15(31)16(32)22-4-2-14(34-22)18(7-25,8-26)20(22,11-29)12-30/h1-4,13-15,31H/t13-,14+,15+,21+,22+/m0/s1. The van der Waals surface area contributed by atoms with Gasteiger partial charge in [0.05, 0.1) is 48.6 Å². The third-order valence-corrected chi connectivity index (χ3v) is 7.24. The Labute approximate surface area is 191 Å². The molecule has 12 nitrogen and oxygen atoms in total. The molecule has 4 aliphatic rings. The third-order valence-electron chi connectivity index (χ3n) is 7.24. The summed E-state index contributed by atoms with van der Waals surface area (Å²) in [5, 5.41) is 89.9. The molecule has 0 aliphatic carbocycles. The smallest absolute Gasteiger partial charge is 0.217 e. The van der Waals surface area contributed by atoms with Crippen molar-refractivity contribution in [3.8, 4) is 48.6 Å². The zero-order chi connectivity index (χ0) is 25.2. The molecule has 4 rings (SSSR count). The maximum absolute atomic E-state index is 13.8. The van der Waals surface area contributed by atoms with Crippen molar-refractivity contribution in [3.63, 3.8) is 0 Å². The van der Waals surface area contributed by atoms with Gasteiger partial charge in [-0.2, -0.15) is 42.1 Å². The van der Waals surface area contributed by atoms with Crippen LogP contribution in [0.15, 0.2) is 24.3 Å². The van der Waals surface area contributed by atoms with Gasteiger partial charge >= 0.3 is 0 Å². The van der Waals surface area contributed by atoms with Gasteiger partial charge in [0.2, 0.25) is 27.4 Å². The normalized spacial score (nSPS) is 35.7. The number of hydrogen-bond donors (Lipinski definition) is 1. The van der Waals surface area contributed by atoms with Gasteiger partial charge in [0.15, 0.2) is 17.3 Å². The number of fused-ring (bicyclic) bond motifs is 4. The maximum atomic E-state index is 13.8. The number of aliphatic hydroxyl groups is 1. The molecule has 4 bridgehead atoms. The molecule has 2 saturated heterocycles. The van der Waals surface area contributed by atoms with Crippen molar-refractivity contribution in [2.75, 3.05) is 0 Å². The summed E-state index contributed by atoms with van der Waals surface area (Å²) in [4.78, 5) is 13.8. The zero-order valence-corrected chi connectivity index (χ0v) is 16.8. The first kappa shape index (κ1) is 22.2. The first-order chi connectivity index (χ1) is 16.2. The minimum atomic E-state index is -2.75. The lowest BCUT2D eigenvalue weighted by atomic mass is 9.51. The molecular weight excluding hydrogens is 440 g/mol. The summed E-state index contributed by atoms with van der Waals surface area (Å²) in [5.41, 5.74) is -15.6. The summed E-state index contributed by atoms with van der Waals surface area (Å²) >= 11 is 0. The van der Waals surface area contributed by atoms with E-state index in [1.807, 2.05) is 0 Å². The van der Waals surface area contributed by atoms with Gasteiger partial charge in [0, 0.05) is 0 Å². The fourth-order valence-electron chi connectivity index (χ4n) is 5.41. The van der Waals surface area contributed by atoms with Gasteiger partial charge in [-0.25, -0.2) is 0 Å². The average Bonchev–Trinajstić information content (AvgIpc) is 3.62. The van der Waals surface area contributed by atoms with Crippen LogP contribution in [-0.2, 0) is 14.3 Å². The second kappa shape index (κ2) is 6.26. The molecular formula is C22H8N8O4. The molecule has 160 valence electrons. The Morgan fingerprint density at radius 3 is 1.62 bits per heavy atom. The van der Waals surface area contributed by atoms with Crippen molar-refractivity contribution in [2.45, 2.75) is 29.5 Å². The average molecular weight is 448 g/mol. The third kappa shape index (κ3) is 1.65. The van der Waals surface area contributed by atoms with E-state index in [0.717, 1.165) is 24.3 Å². The molecule has 1 N–H and O–H groups in total. The first-order valence-electron chi connectivity index (χ1n) is 9.45. The number of aliphatic hydroxyl groups excluding tert-OH is 1. The molecule has 4 heterocycles.